The van der Waals surface area contributed by atoms with Crippen LogP contribution in [0.5, 0.6) is 0 Å². The van der Waals surface area contributed by atoms with E-state index in [1.54, 1.807) is 0 Å². The first-order valence-electron chi connectivity index (χ1n) is 1.11. The van der Waals surface area contributed by atoms with Crippen LogP contribution in [0.3, 0.4) is 0 Å². The van der Waals surface area contributed by atoms with Crippen LogP contribution in [0.1, 0.15) is 0 Å². The minimum absolute atomic E-state index is 0. The fraction of sp³-hybridized carbons (Fsp3) is 0. The van der Waals surface area contributed by atoms with Gasteiger partial charge in [0.2, 0.25) is 0 Å². The van der Waals surface area contributed by atoms with Crippen LogP contribution in [-0.4, -0.2) is 79.0 Å². The first kappa shape index (κ1) is 15.8. The van der Waals surface area contributed by atoms with Gasteiger partial charge < -0.3 is 15.7 Å². The topological polar surface area (TPSA) is 106 Å². The molecule has 0 rings (SSSR count). The number of hydrogen-bond donors (Lipinski definition) is 2. The molecule has 0 aliphatic rings. The van der Waals surface area contributed by atoms with Crippen LogP contribution in [-0.2, 0) is 9.59 Å². The number of carbonyl (C=O) groups is 2. The fourth-order valence-electron chi connectivity index (χ4n) is 0. The first-order chi connectivity index (χ1) is 2.64. The second kappa shape index (κ2) is 7.54. The molecule has 0 amide bonds. The van der Waals surface area contributed by atoms with Gasteiger partial charge in [-0.3, -0.25) is 0 Å². The van der Waals surface area contributed by atoms with Gasteiger partial charge in [0.25, 0.3) is 0 Å². The summed E-state index contributed by atoms with van der Waals surface area (Å²) < 4.78 is 0. The van der Waals surface area contributed by atoms with Gasteiger partial charge in [0.05, 0.1) is 0 Å². The van der Waals surface area contributed by atoms with Crippen LogP contribution in [0.15, 0.2) is 0 Å². The minimum atomic E-state index is -1.82. The molecule has 0 aliphatic carbocycles. The van der Waals surface area contributed by atoms with Crippen molar-refractivity contribution in [2.45, 2.75) is 0 Å². The summed E-state index contributed by atoms with van der Waals surface area (Å²) in [6.07, 6.45) is 0. The second-order valence-corrected chi connectivity index (χ2v) is 0.610. The van der Waals surface area contributed by atoms with Crippen molar-refractivity contribution in [1.82, 2.24) is 0 Å². The summed E-state index contributed by atoms with van der Waals surface area (Å²) >= 11 is 0. The summed E-state index contributed by atoms with van der Waals surface area (Å²) in [7, 11) is 0. The molecule has 8 heavy (non-hydrogen) atoms. The summed E-state index contributed by atoms with van der Waals surface area (Å²) in [5, 5.41) is 14.8. The average molecular weight is 148 g/mol. The van der Waals surface area contributed by atoms with Crippen LogP contribution in [0.4, 0.5) is 0 Å². The molecule has 0 heterocycles. The third-order valence-electron chi connectivity index (χ3n) is 0.183. The molecule has 4 N–H and O–H groups in total. The van der Waals surface area contributed by atoms with Crippen molar-refractivity contribution < 1.29 is 25.3 Å². The van der Waals surface area contributed by atoms with Crippen molar-refractivity contribution in [2.75, 3.05) is 0 Å². The number of carboxylic acid groups (broad SMARTS) is 2. The van der Waals surface area contributed by atoms with E-state index >= 15 is 0 Å². The summed E-state index contributed by atoms with van der Waals surface area (Å²) in [6, 6.07) is 0. The third-order valence-corrected chi connectivity index (χ3v) is 0.183. The van der Waals surface area contributed by atoms with Crippen LogP contribution < -0.4 is 0 Å². The molecule has 0 aliphatic heterocycles. The summed E-state index contributed by atoms with van der Waals surface area (Å²) in [4.78, 5) is 18.2. The molecular formula is C2H5KO5. The summed E-state index contributed by atoms with van der Waals surface area (Å²) in [5.74, 6) is -3.65. The predicted octanol–water partition coefficient (Wildman–Crippen LogP) is -2.32. The van der Waals surface area contributed by atoms with Crippen molar-refractivity contribution in [3.63, 3.8) is 0 Å². The zero-order valence-corrected chi connectivity index (χ0v) is 3.21. The van der Waals surface area contributed by atoms with Crippen LogP contribution in [0.2, 0.25) is 0 Å². The van der Waals surface area contributed by atoms with E-state index in [0.717, 1.165) is 0 Å². The zero-order chi connectivity index (χ0) is 5.15. The molecule has 0 fully saturated rings. The van der Waals surface area contributed by atoms with Crippen LogP contribution in [0.25, 0.3) is 0 Å². The van der Waals surface area contributed by atoms with Gasteiger partial charge in [-0.15, -0.1) is 0 Å². The van der Waals surface area contributed by atoms with Gasteiger partial charge >= 0.3 is 63.3 Å². The molecular weight excluding hydrogens is 143 g/mol. The molecule has 0 bridgehead atoms. The van der Waals surface area contributed by atoms with Gasteiger partial charge in [0.15, 0.2) is 0 Å². The maximum atomic E-state index is 9.10. The molecule has 0 saturated heterocycles. The SMILES string of the molecule is O.O=C(O)C(=O)O.[KH]. The molecule has 0 atom stereocenters. The average Bonchev–Trinajstić information content (AvgIpc) is 1.36. The van der Waals surface area contributed by atoms with Gasteiger partial charge in [-0.2, -0.15) is 0 Å². The first-order valence-corrected chi connectivity index (χ1v) is 1.11. The zero-order valence-electron chi connectivity index (χ0n) is 3.21. The Morgan fingerprint density at radius 1 is 1.00 bits per heavy atom. The Bertz CT molecular complexity index is 76.4. The molecule has 0 radical (unpaired) electrons. The Kier molecular flexibility index (Phi) is 14.9. The van der Waals surface area contributed by atoms with Gasteiger partial charge in [-0.05, 0) is 0 Å². The Labute approximate surface area is 87.4 Å². The third kappa shape index (κ3) is 9.74. The quantitative estimate of drug-likeness (QED) is 0.297. The molecule has 0 saturated carbocycles. The standard InChI is InChI=1S/C2H2O4.K.H2O.H/c3-1(4)2(5)6;;;/h(H,3,4)(H,5,6);;1H2;. The van der Waals surface area contributed by atoms with E-state index in [2.05, 4.69) is 0 Å². The Hall–Kier alpha value is 0.536. The number of aliphatic carboxylic acids is 2. The van der Waals surface area contributed by atoms with Gasteiger partial charge in [0.1, 0.15) is 0 Å². The van der Waals surface area contributed by atoms with E-state index in [9.17, 15) is 0 Å². The number of hydrogen-bond acceptors (Lipinski definition) is 2. The van der Waals surface area contributed by atoms with Crippen molar-refractivity contribution in [3.8, 4) is 0 Å². The molecule has 0 spiro atoms. The Balaban J connectivity index is -0.000000125. The van der Waals surface area contributed by atoms with Crippen LogP contribution >= 0.6 is 0 Å². The number of rotatable bonds is 0. The van der Waals surface area contributed by atoms with E-state index < -0.39 is 11.9 Å². The molecule has 44 valence electrons. The Morgan fingerprint density at radius 3 is 1.12 bits per heavy atom. The number of carboxylic acids is 2. The van der Waals surface area contributed by atoms with E-state index in [0.29, 0.717) is 0 Å². The molecule has 0 aromatic heterocycles. The summed E-state index contributed by atoms with van der Waals surface area (Å²) in [5.41, 5.74) is 0. The normalized spacial score (nSPS) is 5.50. The molecule has 0 unspecified atom stereocenters. The van der Waals surface area contributed by atoms with Crippen molar-refractivity contribution in [2.24, 2.45) is 0 Å². The van der Waals surface area contributed by atoms with Gasteiger partial charge in [0, 0.05) is 0 Å². The maximum absolute atomic E-state index is 9.10. The van der Waals surface area contributed by atoms with E-state index in [4.69, 9.17) is 19.8 Å². The predicted molar refractivity (Wildman–Crippen MR) is 26.0 cm³/mol. The van der Waals surface area contributed by atoms with Crippen molar-refractivity contribution in [1.29, 1.82) is 0 Å². The van der Waals surface area contributed by atoms with Crippen molar-refractivity contribution >= 4 is 63.3 Å². The molecule has 6 heteroatoms. The monoisotopic (exact) mass is 148 g/mol. The van der Waals surface area contributed by atoms with E-state index in [1.807, 2.05) is 0 Å². The van der Waals surface area contributed by atoms with Crippen molar-refractivity contribution in [3.05, 3.63) is 0 Å². The fourth-order valence-corrected chi connectivity index (χ4v) is 0. The van der Waals surface area contributed by atoms with Crippen LogP contribution in [0, 0.1) is 0 Å². The second-order valence-electron chi connectivity index (χ2n) is 0.610. The molecule has 0 aromatic carbocycles. The Morgan fingerprint density at radius 2 is 1.12 bits per heavy atom. The molecule has 5 nitrogen and oxygen atoms in total. The summed E-state index contributed by atoms with van der Waals surface area (Å²) in [6.45, 7) is 0. The van der Waals surface area contributed by atoms with E-state index in [1.165, 1.54) is 0 Å². The van der Waals surface area contributed by atoms with E-state index in [-0.39, 0.29) is 56.9 Å². The van der Waals surface area contributed by atoms with Gasteiger partial charge in [-0.1, -0.05) is 0 Å². The van der Waals surface area contributed by atoms with Gasteiger partial charge in [-0.25, -0.2) is 9.59 Å². The molecule has 0 aromatic rings.